The van der Waals surface area contributed by atoms with Gasteiger partial charge in [-0.25, -0.2) is 13.1 Å². The lowest BCUT2D eigenvalue weighted by Crippen LogP contribution is -2.35. The first kappa shape index (κ1) is 9.95. The third-order valence-corrected chi connectivity index (χ3v) is 3.02. The SMILES string of the molecule is CS(=O)(=O)NCC1CCCC1N. The first-order chi connectivity index (χ1) is 5.49. The van der Waals surface area contributed by atoms with Crippen LogP contribution >= 0.6 is 0 Å². The summed E-state index contributed by atoms with van der Waals surface area (Å²) >= 11 is 0. The molecule has 0 heterocycles. The van der Waals surface area contributed by atoms with Crippen LogP contribution in [0.4, 0.5) is 0 Å². The van der Waals surface area contributed by atoms with Crippen molar-refractivity contribution in [1.82, 2.24) is 4.72 Å². The van der Waals surface area contributed by atoms with Crippen LogP contribution in [-0.4, -0.2) is 27.3 Å². The van der Waals surface area contributed by atoms with Crippen molar-refractivity contribution in [2.45, 2.75) is 25.3 Å². The fourth-order valence-electron chi connectivity index (χ4n) is 1.58. The molecule has 2 atom stereocenters. The van der Waals surface area contributed by atoms with Crippen molar-refractivity contribution in [2.75, 3.05) is 12.8 Å². The van der Waals surface area contributed by atoms with Crippen LogP contribution in [0.25, 0.3) is 0 Å². The van der Waals surface area contributed by atoms with Gasteiger partial charge in [0.1, 0.15) is 0 Å². The minimum absolute atomic E-state index is 0.180. The van der Waals surface area contributed by atoms with Crippen LogP contribution in [0.3, 0.4) is 0 Å². The van der Waals surface area contributed by atoms with Gasteiger partial charge in [-0.1, -0.05) is 6.42 Å². The van der Waals surface area contributed by atoms with Gasteiger partial charge in [0.05, 0.1) is 6.26 Å². The molecule has 0 radical (unpaired) electrons. The van der Waals surface area contributed by atoms with E-state index in [0.29, 0.717) is 12.5 Å². The minimum atomic E-state index is -3.04. The molecule has 5 heteroatoms. The largest absolute Gasteiger partial charge is 0.327 e. The van der Waals surface area contributed by atoms with E-state index in [9.17, 15) is 8.42 Å². The van der Waals surface area contributed by atoms with Gasteiger partial charge in [-0.15, -0.1) is 0 Å². The maximum absolute atomic E-state index is 10.7. The predicted molar refractivity (Wildman–Crippen MR) is 48.2 cm³/mol. The molecular formula is C7H16N2O2S. The molecule has 4 nitrogen and oxygen atoms in total. The van der Waals surface area contributed by atoms with Crippen LogP contribution in [0.2, 0.25) is 0 Å². The molecule has 0 spiro atoms. The second kappa shape index (κ2) is 3.72. The van der Waals surface area contributed by atoms with Crippen molar-refractivity contribution >= 4 is 10.0 Å². The van der Waals surface area contributed by atoms with E-state index in [0.717, 1.165) is 19.3 Å². The van der Waals surface area contributed by atoms with Gasteiger partial charge in [0, 0.05) is 12.6 Å². The molecule has 72 valence electrons. The fourth-order valence-corrected chi connectivity index (χ4v) is 2.09. The Balaban J connectivity index is 2.32. The van der Waals surface area contributed by atoms with Gasteiger partial charge >= 0.3 is 0 Å². The van der Waals surface area contributed by atoms with Gasteiger partial charge in [0.25, 0.3) is 0 Å². The van der Waals surface area contributed by atoms with Crippen LogP contribution in [0.5, 0.6) is 0 Å². The topological polar surface area (TPSA) is 72.2 Å². The average Bonchev–Trinajstić information content (AvgIpc) is 2.29. The lowest BCUT2D eigenvalue weighted by Gasteiger charge is -2.14. The maximum atomic E-state index is 10.7. The highest BCUT2D eigenvalue weighted by Gasteiger charge is 2.24. The van der Waals surface area contributed by atoms with E-state index in [1.54, 1.807) is 0 Å². The van der Waals surface area contributed by atoms with Crippen molar-refractivity contribution in [1.29, 1.82) is 0 Å². The highest BCUT2D eigenvalue weighted by atomic mass is 32.2. The molecule has 1 rings (SSSR count). The van der Waals surface area contributed by atoms with Crippen molar-refractivity contribution in [3.05, 3.63) is 0 Å². The van der Waals surface area contributed by atoms with Gasteiger partial charge in [0.15, 0.2) is 0 Å². The van der Waals surface area contributed by atoms with Crippen molar-refractivity contribution in [3.8, 4) is 0 Å². The van der Waals surface area contributed by atoms with Gasteiger partial charge < -0.3 is 5.73 Å². The number of hydrogen-bond acceptors (Lipinski definition) is 3. The van der Waals surface area contributed by atoms with E-state index in [4.69, 9.17) is 5.73 Å². The van der Waals surface area contributed by atoms with E-state index in [1.807, 2.05) is 0 Å². The Morgan fingerprint density at radius 2 is 2.17 bits per heavy atom. The van der Waals surface area contributed by atoms with Crippen LogP contribution < -0.4 is 10.5 Å². The third-order valence-electron chi connectivity index (χ3n) is 2.33. The number of nitrogens with two attached hydrogens (primary N) is 1. The lowest BCUT2D eigenvalue weighted by atomic mass is 10.1. The summed E-state index contributed by atoms with van der Waals surface area (Å²) in [5.74, 6) is 0.333. The molecule has 12 heavy (non-hydrogen) atoms. The average molecular weight is 192 g/mol. The molecule has 1 fully saturated rings. The zero-order valence-corrected chi connectivity index (χ0v) is 8.10. The van der Waals surface area contributed by atoms with Crippen LogP contribution in [-0.2, 0) is 10.0 Å². The minimum Gasteiger partial charge on any atom is -0.327 e. The molecular weight excluding hydrogens is 176 g/mol. The Hall–Kier alpha value is -0.130. The number of rotatable bonds is 3. The summed E-state index contributed by atoms with van der Waals surface area (Å²) in [7, 11) is -3.04. The molecule has 1 aliphatic carbocycles. The van der Waals surface area contributed by atoms with Gasteiger partial charge in [-0.2, -0.15) is 0 Å². The van der Waals surface area contributed by atoms with Crippen molar-refractivity contribution < 1.29 is 8.42 Å². The van der Waals surface area contributed by atoms with Gasteiger partial charge in [0.2, 0.25) is 10.0 Å². The Morgan fingerprint density at radius 1 is 1.50 bits per heavy atom. The number of nitrogens with one attached hydrogen (secondary N) is 1. The molecule has 1 saturated carbocycles. The molecule has 0 aliphatic heterocycles. The summed E-state index contributed by atoms with van der Waals surface area (Å²) in [6.45, 7) is 0.500. The van der Waals surface area contributed by atoms with E-state index in [-0.39, 0.29) is 6.04 Å². The fraction of sp³-hybridized carbons (Fsp3) is 1.00. The Morgan fingerprint density at radius 3 is 2.58 bits per heavy atom. The summed E-state index contributed by atoms with van der Waals surface area (Å²) < 4.78 is 24.0. The summed E-state index contributed by atoms with van der Waals surface area (Å²) in [6, 6.07) is 0.180. The van der Waals surface area contributed by atoms with E-state index in [1.165, 1.54) is 6.26 Å². The Bertz CT molecular complexity index is 238. The summed E-state index contributed by atoms with van der Waals surface area (Å²) in [6.07, 6.45) is 4.37. The van der Waals surface area contributed by atoms with E-state index >= 15 is 0 Å². The van der Waals surface area contributed by atoms with Crippen LogP contribution in [0.15, 0.2) is 0 Å². The van der Waals surface area contributed by atoms with Crippen LogP contribution in [0.1, 0.15) is 19.3 Å². The van der Waals surface area contributed by atoms with Crippen molar-refractivity contribution in [3.63, 3.8) is 0 Å². The van der Waals surface area contributed by atoms with Gasteiger partial charge in [-0.3, -0.25) is 0 Å². The molecule has 1 aliphatic rings. The van der Waals surface area contributed by atoms with E-state index in [2.05, 4.69) is 4.72 Å². The van der Waals surface area contributed by atoms with E-state index < -0.39 is 10.0 Å². The summed E-state index contributed by atoms with van der Waals surface area (Å²) in [5.41, 5.74) is 5.77. The second-order valence-electron chi connectivity index (χ2n) is 3.48. The normalized spacial score (nSPS) is 30.8. The van der Waals surface area contributed by atoms with Crippen LogP contribution in [0, 0.1) is 5.92 Å². The molecule has 0 saturated heterocycles. The number of sulfonamides is 1. The molecule has 3 N–H and O–H groups in total. The zero-order chi connectivity index (χ0) is 9.19. The zero-order valence-electron chi connectivity index (χ0n) is 7.29. The molecule has 0 aromatic heterocycles. The summed E-state index contributed by atoms with van der Waals surface area (Å²) in [4.78, 5) is 0. The smallest absolute Gasteiger partial charge is 0.208 e. The Kier molecular flexibility index (Phi) is 3.09. The lowest BCUT2D eigenvalue weighted by molar-refractivity contribution is 0.470. The Labute approximate surface area is 73.6 Å². The molecule has 2 unspecified atom stereocenters. The standard InChI is InChI=1S/C7H16N2O2S/c1-12(10,11)9-5-6-3-2-4-7(6)8/h6-7,9H,2-5,8H2,1H3. The first-order valence-corrected chi connectivity index (χ1v) is 6.08. The first-order valence-electron chi connectivity index (χ1n) is 4.19. The molecule has 0 bridgehead atoms. The quantitative estimate of drug-likeness (QED) is 0.642. The third kappa shape index (κ3) is 3.08. The second-order valence-corrected chi connectivity index (χ2v) is 5.31. The maximum Gasteiger partial charge on any atom is 0.208 e. The highest BCUT2D eigenvalue weighted by Crippen LogP contribution is 2.22. The predicted octanol–water partition coefficient (Wildman–Crippen LogP) is -0.337. The monoisotopic (exact) mass is 192 g/mol. The van der Waals surface area contributed by atoms with Crippen molar-refractivity contribution in [2.24, 2.45) is 11.7 Å². The molecule has 0 aromatic carbocycles. The molecule has 0 amide bonds. The highest BCUT2D eigenvalue weighted by molar-refractivity contribution is 7.88. The number of hydrogen-bond donors (Lipinski definition) is 2. The molecule has 0 aromatic rings. The summed E-state index contributed by atoms with van der Waals surface area (Å²) in [5, 5.41) is 0. The van der Waals surface area contributed by atoms with Gasteiger partial charge in [-0.05, 0) is 18.8 Å².